The van der Waals surface area contributed by atoms with Crippen LogP contribution in [0.1, 0.15) is 232 Å². The summed E-state index contributed by atoms with van der Waals surface area (Å²) >= 11 is 0. The predicted octanol–water partition coefficient (Wildman–Crippen LogP) is 14.0. The van der Waals surface area contributed by atoms with Gasteiger partial charge in [0, 0.05) is 13.0 Å². The van der Waals surface area contributed by atoms with E-state index in [0.29, 0.717) is 24.1 Å². The molecule has 0 rings (SSSR count). The molecule has 0 saturated heterocycles. The van der Waals surface area contributed by atoms with Crippen molar-refractivity contribution in [2.75, 3.05) is 54.1 Å². The van der Waals surface area contributed by atoms with Crippen LogP contribution >= 0.6 is 7.82 Å². The molecule has 2 unspecified atom stereocenters. The lowest BCUT2D eigenvalue weighted by Gasteiger charge is -2.28. The number of quaternary nitrogens is 1. The van der Waals surface area contributed by atoms with Gasteiger partial charge in [-0.05, 0) is 38.5 Å². The van der Waals surface area contributed by atoms with E-state index in [0.717, 1.165) is 32.1 Å². The molecule has 8 nitrogen and oxygen atoms in total. The number of likely N-dealkylation sites (N-methyl/N-ethyl adjacent to an activating group) is 1. The minimum Gasteiger partial charge on any atom is -0.756 e. The maximum Gasteiger partial charge on any atom is 0.306 e. The molecular weight excluding hydrogens is 734 g/mol. The van der Waals surface area contributed by atoms with Crippen LogP contribution < -0.4 is 4.89 Å². The van der Waals surface area contributed by atoms with Crippen LogP contribution in [0.3, 0.4) is 0 Å². The third kappa shape index (κ3) is 46.2. The summed E-state index contributed by atoms with van der Waals surface area (Å²) < 4.78 is 34.7. The first-order valence-corrected chi connectivity index (χ1v) is 25.9. The van der Waals surface area contributed by atoms with Gasteiger partial charge in [0.1, 0.15) is 19.3 Å². The molecule has 0 aliphatic heterocycles. The molecule has 2 atom stereocenters. The summed E-state index contributed by atoms with van der Waals surface area (Å²) in [4.78, 5) is 25.1. The topological polar surface area (TPSA) is 94.1 Å². The van der Waals surface area contributed by atoms with Crippen molar-refractivity contribution in [3.05, 3.63) is 12.2 Å². The Morgan fingerprint density at radius 1 is 0.526 bits per heavy atom. The summed E-state index contributed by atoms with van der Waals surface area (Å²) in [6.45, 7) is 5.46. The molecular formula is C48H96NO7P. The number of nitrogens with zero attached hydrogens (tertiary/aromatic N) is 1. The highest BCUT2D eigenvalue weighted by molar-refractivity contribution is 7.45. The highest BCUT2D eigenvalue weighted by Crippen LogP contribution is 2.38. The van der Waals surface area contributed by atoms with Crippen LogP contribution in [0.5, 0.6) is 0 Å². The zero-order chi connectivity index (χ0) is 42.0. The Kier molecular flexibility index (Phi) is 41.4. The van der Waals surface area contributed by atoms with Gasteiger partial charge in [0.05, 0.1) is 34.4 Å². The first-order valence-electron chi connectivity index (χ1n) is 24.4. The van der Waals surface area contributed by atoms with Crippen molar-refractivity contribution in [1.82, 2.24) is 0 Å². The van der Waals surface area contributed by atoms with Gasteiger partial charge >= 0.3 is 5.97 Å². The Hall–Kier alpha value is -0.760. The van der Waals surface area contributed by atoms with Crippen LogP contribution in [0.15, 0.2) is 12.2 Å². The second kappa shape index (κ2) is 42.0. The summed E-state index contributed by atoms with van der Waals surface area (Å²) in [6.07, 6.45) is 46.5. The van der Waals surface area contributed by atoms with E-state index in [1.807, 2.05) is 21.1 Å². The van der Waals surface area contributed by atoms with Crippen molar-refractivity contribution in [3.63, 3.8) is 0 Å². The highest BCUT2D eigenvalue weighted by atomic mass is 31.2. The summed E-state index contributed by atoms with van der Waals surface area (Å²) in [6, 6.07) is 0. The molecule has 0 aromatic rings. The van der Waals surface area contributed by atoms with Crippen molar-refractivity contribution < 1.29 is 37.3 Å². The Balaban J connectivity index is 4.12. The van der Waals surface area contributed by atoms with Crippen LogP contribution in [0.4, 0.5) is 0 Å². The Morgan fingerprint density at radius 2 is 0.912 bits per heavy atom. The Labute approximate surface area is 354 Å². The minimum absolute atomic E-state index is 0.0292. The number of hydrogen-bond acceptors (Lipinski definition) is 7. The van der Waals surface area contributed by atoms with Gasteiger partial charge in [-0.1, -0.05) is 199 Å². The van der Waals surface area contributed by atoms with Crippen LogP contribution in [-0.2, 0) is 27.9 Å². The van der Waals surface area contributed by atoms with Crippen LogP contribution in [-0.4, -0.2) is 70.7 Å². The second-order valence-electron chi connectivity index (χ2n) is 17.8. The number of unbranched alkanes of at least 4 members (excludes halogenated alkanes) is 30. The molecule has 0 aliphatic rings. The van der Waals surface area contributed by atoms with Crippen LogP contribution in [0, 0.1) is 0 Å². The summed E-state index contributed by atoms with van der Waals surface area (Å²) in [5.41, 5.74) is 0. The maximum atomic E-state index is 12.7. The van der Waals surface area contributed by atoms with E-state index in [1.54, 1.807) is 0 Å². The number of ether oxygens (including phenoxy) is 2. The van der Waals surface area contributed by atoms with Gasteiger partial charge in [0.2, 0.25) is 0 Å². The van der Waals surface area contributed by atoms with E-state index in [2.05, 4.69) is 26.0 Å². The number of phosphoric ester groups is 1. The quantitative estimate of drug-likeness (QED) is 0.0198. The SMILES string of the molecule is CCCCCCCCCC/C=C\CCCCCCCCCCCC(=O)OC(COCCCCCCCCCCCCCCCC)COP(=O)([O-])OCC[N+](C)(C)C. The number of phosphoric acid groups is 1. The second-order valence-corrected chi connectivity index (χ2v) is 19.2. The van der Waals surface area contributed by atoms with E-state index >= 15 is 0 Å². The van der Waals surface area contributed by atoms with E-state index in [1.165, 1.54) is 180 Å². The summed E-state index contributed by atoms with van der Waals surface area (Å²) in [7, 11) is 1.37. The lowest BCUT2D eigenvalue weighted by molar-refractivity contribution is -0.870. The van der Waals surface area contributed by atoms with E-state index in [-0.39, 0.29) is 25.8 Å². The Morgan fingerprint density at radius 3 is 1.33 bits per heavy atom. The third-order valence-electron chi connectivity index (χ3n) is 10.8. The number of esters is 1. The van der Waals surface area contributed by atoms with E-state index in [4.69, 9.17) is 18.5 Å². The fraction of sp³-hybridized carbons (Fsp3) is 0.938. The van der Waals surface area contributed by atoms with Gasteiger partial charge in [-0.25, -0.2) is 0 Å². The molecule has 0 fully saturated rings. The highest BCUT2D eigenvalue weighted by Gasteiger charge is 2.20. The van der Waals surface area contributed by atoms with E-state index < -0.39 is 13.9 Å². The Bertz CT molecular complexity index is 925. The van der Waals surface area contributed by atoms with E-state index in [9.17, 15) is 14.3 Å². The molecule has 0 aromatic heterocycles. The maximum absolute atomic E-state index is 12.7. The number of carbonyl (C=O) groups is 1. The molecule has 0 aromatic carbocycles. The molecule has 9 heteroatoms. The molecule has 57 heavy (non-hydrogen) atoms. The zero-order valence-corrected chi connectivity index (χ0v) is 39.5. The average Bonchev–Trinajstić information content (AvgIpc) is 3.16. The van der Waals surface area contributed by atoms with Crippen LogP contribution in [0.25, 0.3) is 0 Å². The normalized spacial score (nSPS) is 13.7. The molecule has 0 spiro atoms. The third-order valence-corrected chi connectivity index (χ3v) is 11.8. The van der Waals surface area contributed by atoms with Gasteiger partial charge in [0.15, 0.2) is 0 Å². The number of hydrogen-bond donors (Lipinski definition) is 0. The molecule has 0 N–H and O–H groups in total. The lowest BCUT2D eigenvalue weighted by atomic mass is 10.0. The van der Waals surface area contributed by atoms with Crippen molar-refractivity contribution in [1.29, 1.82) is 0 Å². The van der Waals surface area contributed by atoms with Gasteiger partial charge in [-0.2, -0.15) is 0 Å². The van der Waals surface area contributed by atoms with Gasteiger partial charge in [-0.15, -0.1) is 0 Å². The van der Waals surface area contributed by atoms with Crippen molar-refractivity contribution in [3.8, 4) is 0 Å². The average molecular weight is 830 g/mol. The molecule has 340 valence electrons. The molecule has 0 radical (unpaired) electrons. The summed E-state index contributed by atoms with van der Waals surface area (Å²) in [5, 5.41) is 0. The fourth-order valence-electron chi connectivity index (χ4n) is 7.01. The largest absolute Gasteiger partial charge is 0.756 e. The van der Waals surface area contributed by atoms with Crippen molar-refractivity contribution in [2.24, 2.45) is 0 Å². The number of rotatable bonds is 46. The molecule has 0 amide bonds. The first kappa shape index (κ1) is 56.2. The first-order chi connectivity index (χ1) is 27.6. The molecule has 0 aliphatic carbocycles. The molecule has 0 saturated carbocycles. The minimum atomic E-state index is -4.52. The van der Waals surface area contributed by atoms with Gasteiger partial charge < -0.3 is 27.9 Å². The number of allylic oxidation sites excluding steroid dienone is 2. The van der Waals surface area contributed by atoms with Gasteiger partial charge in [0.25, 0.3) is 7.82 Å². The summed E-state index contributed by atoms with van der Waals surface area (Å²) in [5.74, 6) is -0.331. The number of carbonyl (C=O) groups excluding carboxylic acids is 1. The molecule has 0 heterocycles. The van der Waals surface area contributed by atoms with Gasteiger partial charge in [-0.3, -0.25) is 9.36 Å². The predicted molar refractivity (Wildman–Crippen MR) is 241 cm³/mol. The fourth-order valence-corrected chi connectivity index (χ4v) is 7.74. The zero-order valence-electron chi connectivity index (χ0n) is 38.6. The molecule has 0 bridgehead atoms. The monoisotopic (exact) mass is 830 g/mol. The van der Waals surface area contributed by atoms with Crippen molar-refractivity contribution in [2.45, 2.75) is 238 Å². The van der Waals surface area contributed by atoms with Crippen molar-refractivity contribution >= 4 is 13.8 Å². The van der Waals surface area contributed by atoms with Crippen LogP contribution in [0.2, 0.25) is 0 Å². The standard InChI is InChI=1S/C48H96NO7P/c1-6-8-10-12-14-16-18-20-22-23-24-25-26-27-28-29-31-33-35-37-39-41-48(50)56-47(46-55-57(51,52)54-44-42-49(3,4)5)45-53-43-40-38-36-34-32-30-21-19-17-15-13-11-9-7-2/h23-24,47H,6-22,25-46H2,1-5H3/b24-23-. The lowest BCUT2D eigenvalue weighted by Crippen LogP contribution is -2.37. The smallest absolute Gasteiger partial charge is 0.306 e.